The number of amides is 1. The molecule has 1 heterocycles. The van der Waals surface area contributed by atoms with Crippen LogP contribution in [-0.4, -0.2) is 43.2 Å². The normalized spacial score (nSPS) is 21.5. The average molecular weight is 354 g/mol. The minimum atomic E-state index is -0.302. The number of ether oxygens (including phenoxy) is 1. The number of carbonyl (C=O) groups is 1. The van der Waals surface area contributed by atoms with Crippen LogP contribution in [0.4, 0.5) is 0 Å². The van der Waals surface area contributed by atoms with E-state index < -0.39 is 0 Å². The van der Waals surface area contributed by atoms with Crippen LogP contribution < -0.4 is 5.32 Å². The molecule has 0 spiro atoms. The molecule has 2 rings (SSSR count). The maximum absolute atomic E-state index is 12.4. The molecule has 0 bridgehead atoms. The van der Waals surface area contributed by atoms with E-state index in [0.29, 0.717) is 29.7 Å². The molecule has 7 heteroatoms. The van der Waals surface area contributed by atoms with Crippen LogP contribution in [0.5, 0.6) is 0 Å². The molecule has 1 aliphatic heterocycles. The number of nitrogens with zero attached hydrogens (tertiary/aromatic N) is 1. The van der Waals surface area contributed by atoms with E-state index in [0.717, 1.165) is 5.56 Å². The standard InChI is InChI=1S/C14H18Cl2N2O2.ClH/c1-9-13(17-3-4-20-9)14(19)18(2)8-10-5-11(15)7-12(16)6-10;/h5-7,9,13,17H,3-4,8H2,1-2H3;1H/t9-,13+;/m1./s1. The minimum absolute atomic E-state index is 0. The summed E-state index contributed by atoms with van der Waals surface area (Å²) in [6.07, 6.45) is -0.123. The first-order valence-corrected chi connectivity index (χ1v) is 7.28. The molecule has 21 heavy (non-hydrogen) atoms. The van der Waals surface area contributed by atoms with Crippen LogP contribution in [0.3, 0.4) is 0 Å². The van der Waals surface area contributed by atoms with Gasteiger partial charge in [-0.2, -0.15) is 0 Å². The van der Waals surface area contributed by atoms with Gasteiger partial charge >= 0.3 is 0 Å². The molecular weight excluding hydrogens is 335 g/mol. The molecule has 1 aromatic carbocycles. The summed E-state index contributed by atoms with van der Waals surface area (Å²) in [6, 6.07) is 4.99. The maximum atomic E-state index is 12.4. The largest absolute Gasteiger partial charge is 0.375 e. The Kier molecular flexibility index (Phi) is 7.24. The molecule has 1 N–H and O–H groups in total. The maximum Gasteiger partial charge on any atom is 0.242 e. The van der Waals surface area contributed by atoms with Gasteiger partial charge in [0.15, 0.2) is 0 Å². The van der Waals surface area contributed by atoms with E-state index in [-0.39, 0.29) is 30.5 Å². The third-order valence-corrected chi connectivity index (χ3v) is 3.74. The summed E-state index contributed by atoms with van der Waals surface area (Å²) >= 11 is 11.9. The first kappa shape index (κ1) is 18.5. The summed E-state index contributed by atoms with van der Waals surface area (Å²) in [4.78, 5) is 14.1. The van der Waals surface area contributed by atoms with Crippen molar-refractivity contribution in [1.29, 1.82) is 0 Å². The van der Waals surface area contributed by atoms with Gasteiger partial charge in [0, 0.05) is 30.2 Å². The van der Waals surface area contributed by atoms with Crippen molar-refractivity contribution in [3.63, 3.8) is 0 Å². The number of morpholine rings is 1. The Morgan fingerprint density at radius 1 is 1.38 bits per heavy atom. The van der Waals surface area contributed by atoms with Crippen LogP contribution in [0.25, 0.3) is 0 Å². The molecule has 0 saturated carbocycles. The second-order valence-corrected chi connectivity index (χ2v) is 5.85. The van der Waals surface area contributed by atoms with E-state index in [2.05, 4.69) is 5.32 Å². The fraction of sp³-hybridized carbons (Fsp3) is 0.500. The van der Waals surface area contributed by atoms with Gasteiger partial charge < -0.3 is 15.0 Å². The zero-order chi connectivity index (χ0) is 14.7. The van der Waals surface area contributed by atoms with E-state index in [1.165, 1.54) is 0 Å². The van der Waals surface area contributed by atoms with Gasteiger partial charge in [-0.3, -0.25) is 4.79 Å². The predicted molar refractivity (Wildman–Crippen MR) is 87.4 cm³/mol. The van der Waals surface area contributed by atoms with E-state index in [4.69, 9.17) is 27.9 Å². The van der Waals surface area contributed by atoms with Gasteiger partial charge in [0.25, 0.3) is 0 Å². The highest BCUT2D eigenvalue weighted by Gasteiger charge is 2.30. The van der Waals surface area contributed by atoms with E-state index in [9.17, 15) is 4.79 Å². The van der Waals surface area contributed by atoms with Crippen LogP contribution in [0.15, 0.2) is 18.2 Å². The van der Waals surface area contributed by atoms with Gasteiger partial charge in [0.2, 0.25) is 5.91 Å². The molecule has 0 radical (unpaired) electrons. The molecule has 2 atom stereocenters. The molecule has 1 saturated heterocycles. The lowest BCUT2D eigenvalue weighted by atomic mass is 10.1. The van der Waals surface area contributed by atoms with Crippen LogP contribution in [0.2, 0.25) is 10.0 Å². The summed E-state index contributed by atoms with van der Waals surface area (Å²) in [5, 5.41) is 4.33. The number of hydrogen-bond acceptors (Lipinski definition) is 3. The predicted octanol–water partition coefficient (Wildman–Crippen LogP) is 2.75. The molecule has 0 aliphatic carbocycles. The highest BCUT2D eigenvalue weighted by molar-refractivity contribution is 6.34. The third-order valence-electron chi connectivity index (χ3n) is 3.30. The topological polar surface area (TPSA) is 41.6 Å². The van der Waals surface area contributed by atoms with Gasteiger partial charge in [-0.1, -0.05) is 23.2 Å². The van der Waals surface area contributed by atoms with Crippen molar-refractivity contribution in [3.8, 4) is 0 Å². The first-order valence-electron chi connectivity index (χ1n) is 6.52. The van der Waals surface area contributed by atoms with Gasteiger partial charge in [-0.25, -0.2) is 0 Å². The highest BCUT2D eigenvalue weighted by Crippen LogP contribution is 2.20. The van der Waals surface area contributed by atoms with E-state index >= 15 is 0 Å². The lowest BCUT2D eigenvalue weighted by Gasteiger charge is -2.32. The Morgan fingerprint density at radius 3 is 2.57 bits per heavy atom. The number of rotatable bonds is 3. The zero-order valence-corrected chi connectivity index (χ0v) is 14.3. The van der Waals surface area contributed by atoms with Crippen molar-refractivity contribution in [1.82, 2.24) is 10.2 Å². The van der Waals surface area contributed by atoms with Crippen molar-refractivity contribution in [3.05, 3.63) is 33.8 Å². The zero-order valence-electron chi connectivity index (χ0n) is 11.9. The summed E-state index contributed by atoms with van der Waals surface area (Å²) in [6.45, 7) is 3.69. The van der Waals surface area contributed by atoms with Crippen molar-refractivity contribution < 1.29 is 9.53 Å². The van der Waals surface area contributed by atoms with Crippen LogP contribution in [-0.2, 0) is 16.1 Å². The fourth-order valence-corrected chi connectivity index (χ4v) is 2.87. The molecule has 0 unspecified atom stereocenters. The number of halogens is 3. The molecule has 1 aliphatic rings. The second-order valence-electron chi connectivity index (χ2n) is 4.98. The van der Waals surface area contributed by atoms with Crippen molar-refractivity contribution in [2.24, 2.45) is 0 Å². The Morgan fingerprint density at radius 2 is 2.00 bits per heavy atom. The van der Waals surface area contributed by atoms with Crippen LogP contribution in [0, 0.1) is 0 Å². The van der Waals surface area contributed by atoms with Gasteiger partial charge in [0.1, 0.15) is 6.04 Å². The summed E-state index contributed by atoms with van der Waals surface area (Å²) in [5.74, 6) is 0.00768. The summed E-state index contributed by atoms with van der Waals surface area (Å²) in [5.41, 5.74) is 0.905. The summed E-state index contributed by atoms with van der Waals surface area (Å²) < 4.78 is 5.50. The monoisotopic (exact) mass is 352 g/mol. The molecule has 1 fully saturated rings. The van der Waals surface area contributed by atoms with E-state index in [1.54, 1.807) is 18.0 Å². The smallest absolute Gasteiger partial charge is 0.242 e. The Labute approximate surface area is 141 Å². The summed E-state index contributed by atoms with van der Waals surface area (Å²) in [7, 11) is 1.76. The molecule has 1 amide bonds. The highest BCUT2D eigenvalue weighted by atomic mass is 35.5. The average Bonchev–Trinajstić information content (AvgIpc) is 2.37. The minimum Gasteiger partial charge on any atom is -0.375 e. The van der Waals surface area contributed by atoms with Crippen molar-refractivity contribution in [2.45, 2.75) is 25.6 Å². The van der Waals surface area contributed by atoms with Crippen LogP contribution in [0.1, 0.15) is 12.5 Å². The molecule has 1 aromatic rings. The number of nitrogens with one attached hydrogen (secondary N) is 1. The molecule has 4 nitrogen and oxygen atoms in total. The SMILES string of the molecule is C[C@H]1OCCN[C@@H]1C(=O)N(C)Cc1cc(Cl)cc(Cl)c1.Cl. The number of carbonyl (C=O) groups excluding carboxylic acids is 1. The van der Waals surface area contributed by atoms with Crippen molar-refractivity contribution >= 4 is 41.5 Å². The Balaban J connectivity index is 0.00000220. The number of benzene rings is 1. The third kappa shape index (κ3) is 5.01. The Bertz CT molecular complexity index is 479. The lowest BCUT2D eigenvalue weighted by molar-refractivity contribution is -0.138. The van der Waals surface area contributed by atoms with Crippen molar-refractivity contribution in [2.75, 3.05) is 20.2 Å². The molecule has 118 valence electrons. The fourth-order valence-electron chi connectivity index (χ4n) is 2.30. The van der Waals surface area contributed by atoms with Gasteiger partial charge in [-0.05, 0) is 30.7 Å². The van der Waals surface area contributed by atoms with Gasteiger partial charge in [-0.15, -0.1) is 12.4 Å². The number of hydrogen-bond donors (Lipinski definition) is 1. The lowest BCUT2D eigenvalue weighted by Crippen LogP contribution is -2.55. The van der Waals surface area contributed by atoms with Gasteiger partial charge in [0.05, 0.1) is 12.7 Å². The quantitative estimate of drug-likeness (QED) is 0.908. The molecular formula is C14H19Cl3N2O2. The van der Waals surface area contributed by atoms with E-state index in [1.807, 2.05) is 19.1 Å². The second kappa shape index (κ2) is 8.20. The molecule has 0 aromatic heterocycles. The van der Waals surface area contributed by atoms with Crippen LogP contribution >= 0.6 is 35.6 Å². The Hall–Kier alpha value is -0.520. The first-order chi connectivity index (χ1) is 9.47. The number of likely N-dealkylation sites (N-methyl/N-ethyl adjacent to an activating group) is 1.